The third-order valence-corrected chi connectivity index (χ3v) is 10.1. The van der Waals surface area contributed by atoms with Gasteiger partial charge in [0.05, 0.1) is 0 Å². The van der Waals surface area contributed by atoms with E-state index in [4.69, 9.17) is 5.53 Å². The molecule has 0 aliphatic heterocycles. The quantitative estimate of drug-likeness (QED) is 0.200. The Morgan fingerprint density at radius 1 is 0.786 bits per heavy atom. The zero-order valence-corrected chi connectivity index (χ0v) is 17.4. The summed E-state index contributed by atoms with van der Waals surface area (Å²) in [5.41, 5.74) is 10.4. The highest BCUT2D eigenvalue weighted by molar-refractivity contribution is 7.01. The molecule has 28 heavy (non-hydrogen) atoms. The topological polar surface area (TPSA) is 48.8 Å². The minimum Gasteiger partial charge on any atom is -0.0906 e. The summed E-state index contributed by atoms with van der Waals surface area (Å²) in [6.07, 6.45) is 2.75. The lowest BCUT2D eigenvalue weighted by Crippen LogP contribution is -2.55. The Hall–Kier alpha value is -2.81. The van der Waals surface area contributed by atoms with Crippen LogP contribution in [0.5, 0.6) is 0 Å². The first-order valence-corrected chi connectivity index (χ1v) is 12.6. The number of azide groups is 1. The molecule has 0 spiro atoms. The highest BCUT2D eigenvalue weighted by atomic mass is 28.3. The summed E-state index contributed by atoms with van der Waals surface area (Å²) in [5, 5.41) is 7.00. The zero-order chi connectivity index (χ0) is 19.7. The van der Waals surface area contributed by atoms with Gasteiger partial charge in [-0.15, -0.1) is 0 Å². The molecule has 0 saturated carbocycles. The fraction of sp³-hybridized carbons (Fsp3) is 0.250. The van der Waals surface area contributed by atoms with E-state index < -0.39 is 8.07 Å². The Kier molecular flexibility index (Phi) is 7.07. The second-order valence-electron chi connectivity index (χ2n) is 7.49. The van der Waals surface area contributed by atoms with Gasteiger partial charge < -0.3 is 0 Å². The van der Waals surface area contributed by atoms with E-state index in [0.29, 0.717) is 0 Å². The van der Waals surface area contributed by atoms with Crippen LogP contribution < -0.4 is 10.4 Å². The van der Waals surface area contributed by atoms with Crippen molar-refractivity contribution in [2.75, 3.05) is 0 Å². The van der Waals surface area contributed by atoms with Crippen molar-refractivity contribution in [3.05, 3.63) is 107 Å². The van der Waals surface area contributed by atoms with Gasteiger partial charge in [-0.1, -0.05) is 113 Å². The van der Waals surface area contributed by atoms with Gasteiger partial charge in [0.1, 0.15) is 8.07 Å². The lowest BCUT2D eigenvalue weighted by Gasteiger charge is -2.30. The molecule has 0 aliphatic rings. The average molecular weight is 386 g/mol. The summed E-state index contributed by atoms with van der Waals surface area (Å²) >= 11 is 0. The number of nitrogens with zero attached hydrogens (tertiary/aromatic N) is 3. The Morgan fingerprint density at radius 3 is 1.79 bits per heavy atom. The van der Waals surface area contributed by atoms with E-state index in [1.54, 1.807) is 0 Å². The standard InChI is InChI=1S/C24H27N3Si/c1-28(23-13-7-3-8-14-23,24-15-9-4-10-16-24)20-19-22(26-27-25)18-17-21-11-5-2-6-12-21/h2-16,22H,17-20H2,1H3. The minimum absolute atomic E-state index is 0.0319. The van der Waals surface area contributed by atoms with Crippen LogP contribution in [0.15, 0.2) is 96.1 Å². The lowest BCUT2D eigenvalue weighted by atomic mass is 10.0. The molecule has 3 nitrogen and oxygen atoms in total. The summed E-state index contributed by atoms with van der Waals surface area (Å²) in [4.78, 5) is 3.13. The summed E-state index contributed by atoms with van der Waals surface area (Å²) in [7, 11) is -1.89. The fourth-order valence-electron chi connectivity index (χ4n) is 3.83. The Bertz CT molecular complexity index is 851. The molecule has 0 amide bonds. The first-order chi connectivity index (χ1) is 13.7. The first kappa shape index (κ1) is 19.9. The molecule has 0 bridgehead atoms. The molecule has 3 aromatic rings. The molecule has 1 atom stereocenters. The van der Waals surface area contributed by atoms with Gasteiger partial charge in [-0.2, -0.15) is 0 Å². The van der Waals surface area contributed by atoms with Crippen molar-refractivity contribution in [1.82, 2.24) is 0 Å². The summed E-state index contributed by atoms with van der Waals surface area (Å²) in [5.74, 6) is 0. The normalized spacial score (nSPS) is 12.2. The van der Waals surface area contributed by atoms with Crippen molar-refractivity contribution in [2.24, 2.45) is 5.11 Å². The van der Waals surface area contributed by atoms with Crippen molar-refractivity contribution in [3.63, 3.8) is 0 Å². The lowest BCUT2D eigenvalue weighted by molar-refractivity contribution is 0.590. The predicted octanol–water partition coefficient (Wildman–Crippen LogP) is 5.58. The number of hydrogen-bond donors (Lipinski definition) is 0. The number of benzene rings is 3. The maximum Gasteiger partial charge on any atom is 0.115 e. The molecule has 1 unspecified atom stereocenters. The monoisotopic (exact) mass is 385 g/mol. The number of aryl methyl sites for hydroxylation is 1. The third-order valence-electron chi connectivity index (χ3n) is 5.62. The largest absolute Gasteiger partial charge is 0.115 e. The van der Waals surface area contributed by atoms with Crippen LogP contribution >= 0.6 is 0 Å². The van der Waals surface area contributed by atoms with Crippen LogP contribution in [0.3, 0.4) is 0 Å². The van der Waals surface area contributed by atoms with Crippen molar-refractivity contribution < 1.29 is 0 Å². The molecule has 0 N–H and O–H groups in total. The molecule has 0 aliphatic carbocycles. The van der Waals surface area contributed by atoms with Crippen LogP contribution in [-0.4, -0.2) is 14.1 Å². The van der Waals surface area contributed by atoms with Gasteiger partial charge in [-0.25, -0.2) is 0 Å². The SMILES string of the molecule is C[Si](CCC(CCc1ccccc1)N=[N+]=[N-])(c1ccccc1)c1ccccc1. The molecule has 0 fully saturated rings. The van der Waals surface area contributed by atoms with Gasteiger partial charge in [0.2, 0.25) is 0 Å². The minimum atomic E-state index is -1.89. The van der Waals surface area contributed by atoms with Crippen LogP contribution in [0.1, 0.15) is 18.4 Å². The van der Waals surface area contributed by atoms with E-state index in [2.05, 4.69) is 102 Å². The molecule has 3 aromatic carbocycles. The van der Waals surface area contributed by atoms with Crippen LogP contribution in [0.25, 0.3) is 10.4 Å². The van der Waals surface area contributed by atoms with Gasteiger partial charge >= 0.3 is 0 Å². The number of hydrogen-bond acceptors (Lipinski definition) is 1. The molecule has 3 rings (SSSR count). The van der Waals surface area contributed by atoms with Crippen molar-refractivity contribution >= 4 is 18.4 Å². The Morgan fingerprint density at radius 2 is 1.29 bits per heavy atom. The molecule has 4 heteroatoms. The summed E-state index contributed by atoms with van der Waals surface area (Å²) in [6.45, 7) is 2.43. The smallest absolute Gasteiger partial charge is 0.0906 e. The van der Waals surface area contributed by atoms with E-state index in [-0.39, 0.29) is 6.04 Å². The average Bonchev–Trinajstić information content (AvgIpc) is 2.77. The molecule has 0 heterocycles. The summed E-state index contributed by atoms with van der Waals surface area (Å²) in [6, 6.07) is 33.2. The second kappa shape index (κ2) is 9.93. The Labute approximate surface area is 168 Å². The molecule has 142 valence electrons. The highest BCUT2D eigenvalue weighted by Gasteiger charge is 2.31. The van der Waals surface area contributed by atoms with Crippen molar-refractivity contribution in [2.45, 2.75) is 37.9 Å². The molecular formula is C24H27N3Si. The zero-order valence-electron chi connectivity index (χ0n) is 16.4. The van der Waals surface area contributed by atoms with Gasteiger partial charge in [0.25, 0.3) is 0 Å². The van der Waals surface area contributed by atoms with Crippen LogP contribution in [0, 0.1) is 0 Å². The van der Waals surface area contributed by atoms with E-state index in [0.717, 1.165) is 25.3 Å². The van der Waals surface area contributed by atoms with Gasteiger partial charge in [0, 0.05) is 11.0 Å². The Balaban J connectivity index is 1.77. The number of rotatable bonds is 9. The third kappa shape index (κ3) is 5.13. The second-order valence-corrected chi connectivity index (χ2v) is 11.8. The van der Waals surface area contributed by atoms with Gasteiger partial charge in [-0.3, -0.25) is 0 Å². The molecule has 0 aromatic heterocycles. The van der Waals surface area contributed by atoms with Gasteiger partial charge in [0.15, 0.2) is 0 Å². The van der Waals surface area contributed by atoms with Gasteiger partial charge in [-0.05, 0) is 36.4 Å². The fourth-order valence-corrected chi connectivity index (χ4v) is 7.51. The summed E-state index contributed by atoms with van der Waals surface area (Å²) < 4.78 is 0. The van der Waals surface area contributed by atoms with E-state index in [1.807, 2.05) is 6.07 Å². The molecular weight excluding hydrogens is 358 g/mol. The van der Waals surface area contributed by atoms with Crippen molar-refractivity contribution in [3.8, 4) is 0 Å². The van der Waals surface area contributed by atoms with E-state index in [9.17, 15) is 0 Å². The van der Waals surface area contributed by atoms with Crippen molar-refractivity contribution in [1.29, 1.82) is 0 Å². The highest BCUT2D eigenvalue weighted by Crippen LogP contribution is 2.20. The van der Waals surface area contributed by atoms with Crippen LogP contribution in [-0.2, 0) is 6.42 Å². The first-order valence-electron chi connectivity index (χ1n) is 9.91. The van der Waals surface area contributed by atoms with E-state index >= 15 is 0 Å². The van der Waals surface area contributed by atoms with Crippen LogP contribution in [0.2, 0.25) is 12.6 Å². The predicted molar refractivity (Wildman–Crippen MR) is 121 cm³/mol. The maximum atomic E-state index is 9.07. The van der Waals surface area contributed by atoms with E-state index in [1.165, 1.54) is 15.9 Å². The maximum absolute atomic E-state index is 9.07. The molecule has 0 saturated heterocycles. The van der Waals surface area contributed by atoms with Crippen LogP contribution in [0.4, 0.5) is 0 Å². The molecule has 0 radical (unpaired) electrons.